The summed E-state index contributed by atoms with van der Waals surface area (Å²) < 4.78 is 12.0. The molecule has 0 spiro atoms. The number of ether oxygens (including phenoxy) is 2. The molecular weight excluding hydrogens is 244 g/mol. The van der Waals surface area contributed by atoms with Crippen molar-refractivity contribution in [1.29, 1.82) is 5.26 Å². The molecule has 0 bridgehead atoms. The maximum Gasteiger partial charge on any atom is 0.269 e. The molecule has 1 heterocycles. The van der Waals surface area contributed by atoms with Crippen LogP contribution in [0.3, 0.4) is 0 Å². The van der Waals surface area contributed by atoms with Crippen molar-refractivity contribution >= 4 is 10.9 Å². The molecule has 0 amide bonds. The lowest BCUT2D eigenvalue weighted by atomic mass is 10.0. The quantitative estimate of drug-likeness (QED) is 0.823. The molecule has 98 valence electrons. The summed E-state index contributed by atoms with van der Waals surface area (Å²) in [7, 11) is 4.71. The third-order valence-electron chi connectivity index (χ3n) is 3.26. The molecule has 0 aliphatic heterocycles. The van der Waals surface area contributed by atoms with Crippen LogP contribution < -0.4 is 15.0 Å². The van der Waals surface area contributed by atoms with Gasteiger partial charge in [0.2, 0.25) is 0 Å². The molecule has 2 aromatic rings. The molecule has 0 atom stereocenters. The smallest absolute Gasteiger partial charge is 0.269 e. The fourth-order valence-corrected chi connectivity index (χ4v) is 2.27. The zero-order valence-electron chi connectivity index (χ0n) is 11.3. The molecule has 0 N–H and O–H groups in total. The first-order chi connectivity index (χ1) is 9.06. The number of hydrogen-bond acceptors (Lipinski definition) is 4. The lowest BCUT2D eigenvalue weighted by molar-refractivity contribution is 0.408. The second-order valence-corrected chi connectivity index (χ2v) is 4.17. The third-order valence-corrected chi connectivity index (χ3v) is 3.26. The summed E-state index contributed by atoms with van der Waals surface area (Å²) in [6.07, 6.45) is 0. The molecule has 5 nitrogen and oxygen atoms in total. The number of nitrogens with zero attached hydrogens (tertiary/aromatic N) is 2. The Morgan fingerprint density at radius 3 is 2.32 bits per heavy atom. The highest BCUT2D eigenvalue weighted by atomic mass is 16.5. The molecular formula is C14H14N2O3. The van der Waals surface area contributed by atoms with Gasteiger partial charge in [0.25, 0.3) is 5.56 Å². The van der Waals surface area contributed by atoms with Crippen LogP contribution in [0.2, 0.25) is 0 Å². The molecule has 0 radical (unpaired) electrons. The van der Waals surface area contributed by atoms with Crippen molar-refractivity contribution in [2.24, 2.45) is 7.05 Å². The van der Waals surface area contributed by atoms with Crippen molar-refractivity contribution in [3.8, 4) is 17.6 Å². The number of pyridine rings is 1. The van der Waals surface area contributed by atoms with Crippen LogP contribution >= 0.6 is 0 Å². The monoisotopic (exact) mass is 258 g/mol. The second-order valence-electron chi connectivity index (χ2n) is 4.17. The van der Waals surface area contributed by atoms with E-state index in [0.29, 0.717) is 22.6 Å². The van der Waals surface area contributed by atoms with Gasteiger partial charge in [0.05, 0.1) is 19.7 Å². The van der Waals surface area contributed by atoms with Gasteiger partial charge in [-0.2, -0.15) is 5.26 Å². The molecule has 2 rings (SSSR count). The first kappa shape index (κ1) is 13.0. The van der Waals surface area contributed by atoms with E-state index < -0.39 is 0 Å². The number of aromatic nitrogens is 1. The van der Waals surface area contributed by atoms with Crippen LogP contribution in [0.1, 0.15) is 11.1 Å². The topological polar surface area (TPSA) is 64.2 Å². The standard InChI is InChI=1S/C14H14N2O3/c1-8-9(7-15)14(17)16(2)13-11(19-4)6-5-10(18-3)12(8)13/h5-6H,1-4H3. The highest BCUT2D eigenvalue weighted by Crippen LogP contribution is 2.34. The average Bonchev–Trinajstić information content (AvgIpc) is 2.43. The molecule has 5 heteroatoms. The minimum Gasteiger partial charge on any atom is -0.496 e. The van der Waals surface area contributed by atoms with E-state index in [9.17, 15) is 4.79 Å². The number of nitriles is 1. The van der Waals surface area contributed by atoms with Crippen molar-refractivity contribution in [3.05, 3.63) is 33.6 Å². The van der Waals surface area contributed by atoms with Crippen LogP contribution in [0, 0.1) is 18.3 Å². The molecule has 0 aliphatic carbocycles. The molecule has 0 aliphatic rings. The van der Waals surface area contributed by atoms with Gasteiger partial charge >= 0.3 is 0 Å². The van der Waals surface area contributed by atoms with Crippen molar-refractivity contribution in [3.63, 3.8) is 0 Å². The van der Waals surface area contributed by atoms with Crippen molar-refractivity contribution in [1.82, 2.24) is 4.57 Å². The van der Waals surface area contributed by atoms with Crippen LogP contribution in [0.5, 0.6) is 11.5 Å². The van der Waals surface area contributed by atoms with E-state index in [1.807, 2.05) is 6.07 Å². The Morgan fingerprint density at radius 1 is 1.21 bits per heavy atom. The Bertz CT molecular complexity index is 754. The summed E-state index contributed by atoms with van der Waals surface area (Å²) >= 11 is 0. The number of aryl methyl sites for hydroxylation is 2. The van der Waals surface area contributed by atoms with Gasteiger partial charge in [-0.25, -0.2) is 0 Å². The van der Waals surface area contributed by atoms with Crippen molar-refractivity contribution < 1.29 is 9.47 Å². The molecule has 0 saturated heterocycles. The number of hydrogen-bond donors (Lipinski definition) is 0. The van der Waals surface area contributed by atoms with E-state index in [4.69, 9.17) is 14.7 Å². The SMILES string of the molecule is COc1ccc(OC)c2c1c(C)c(C#N)c(=O)n2C. The molecule has 19 heavy (non-hydrogen) atoms. The zero-order valence-corrected chi connectivity index (χ0v) is 11.3. The summed E-state index contributed by atoms with van der Waals surface area (Å²) in [5, 5.41) is 9.86. The van der Waals surface area contributed by atoms with E-state index in [0.717, 1.165) is 5.39 Å². The van der Waals surface area contributed by atoms with E-state index >= 15 is 0 Å². The summed E-state index contributed by atoms with van der Waals surface area (Å²) in [4.78, 5) is 12.1. The normalized spacial score (nSPS) is 10.3. The number of benzene rings is 1. The Labute approximate surface area is 110 Å². The number of rotatable bonds is 2. The molecule has 0 saturated carbocycles. The first-order valence-electron chi connectivity index (χ1n) is 5.71. The average molecular weight is 258 g/mol. The van der Waals surface area contributed by atoms with Gasteiger partial charge < -0.3 is 14.0 Å². The zero-order chi connectivity index (χ0) is 14.2. The summed E-state index contributed by atoms with van der Waals surface area (Å²) in [5.41, 5.74) is 1.03. The van der Waals surface area contributed by atoms with Gasteiger partial charge in [0, 0.05) is 12.4 Å². The summed E-state index contributed by atoms with van der Waals surface area (Å²) in [6.45, 7) is 1.74. The van der Waals surface area contributed by atoms with Crippen molar-refractivity contribution in [2.75, 3.05) is 14.2 Å². The Kier molecular flexibility index (Phi) is 3.17. The van der Waals surface area contributed by atoms with E-state index in [2.05, 4.69) is 0 Å². The van der Waals surface area contributed by atoms with E-state index in [1.54, 1.807) is 40.3 Å². The molecule has 1 aromatic heterocycles. The predicted molar refractivity (Wildman–Crippen MR) is 71.7 cm³/mol. The molecule has 1 aromatic carbocycles. The fraction of sp³-hybridized carbons (Fsp3) is 0.286. The van der Waals surface area contributed by atoms with Crippen molar-refractivity contribution in [2.45, 2.75) is 6.92 Å². The lowest BCUT2D eigenvalue weighted by Gasteiger charge is -2.15. The van der Waals surface area contributed by atoms with Gasteiger partial charge in [-0.15, -0.1) is 0 Å². The van der Waals surface area contributed by atoms with E-state index in [-0.39, 0.29) is 11.1 Å². The van der Waals surface area contributed by atoms with Gasteiger partial charge in [0.1, 0.15) is 23.1 Å². The van der Waals surface area contributed by atoms with Gasteiger partial charge in [-0.05, 0) is 24.6 Å². The lowest BCUT2D eigenvalue weighted by Crippen LogP contribution is -2.22. The van der Waals surface area contributed by atoms with Gasteiger partial charge in [0.15, 0.2) is 0 Å². The molecule has 0 unspecified atom stereocenters. The highest BCUT2D eigenvalue weighted by Gasteiger charge is 2.18. The maximum atomic E-state index is 12.1. The minimum atomic E-state index is -0.334. The van der Waals surface area contributed by atoms with Crippen LogP contribution in [0.15, 0.2) is 16.9 Å². The Hall–Kier alpha value is -2.48. The third kappa shape index (κ3) is 1.73. The van der Waals surface area contributed by atoms with Gasteiger partial charge in [-0.3, -0.25) is 4.79 Å². The minimum absolute atomic E-state index is 0.126. The van der Waals surface area contributed by atoms with Crippen LogP contribution in [-0.4, -0.2) is 18.8 Å². The summed E-state index contributed by atoms with van der Waals surface area (Å²) in [5.74, 6) is 1.18. The number of fused-ring (bicyclic) bond motifs is 1. The van der Waals surface area contributed by atoms with E-state index in [1.165, 1.54) is 4.57 Å². The molecule has 0 fully saturated rings. The Morgan fingerprint density at radius 2 is 1.79 bits per heavy atom. The predicted octanol–water partition coefficient (Wildman–Crippen LogP) is 1.74. The van der Waals surface area contributed by atoms with Crippen LogP contribution in [-0.2, 0) is 7.05 Å². The number of methoxy groups -OCH3 is 2. The Balaban J connectivity index is 3.15. The first-order valence-corrected chi connectivity index (χ1v) is 5.71. The van der Waals surface area contributed by atoms with Gasteiger partial charge in [-0.1, -0.05) is 0 Å². The largest absolute Gasteiger partial charge is 0.496 e. The van der Waals surface area contributed by atoms with Crippen LogP contribution in [0.25, 0.3) is 10.9 Å². The second kappa shape index (κ2) is 4.65. The summed E-state index contributed by atoms with van der Waals surface area (Å²) in [6, 6.07) is 5.46. The fourth-order valence-electron chi connectivity index (χ4n) is 2.27. The van der Waals surface area contributed by atoms with Crippen LogP contribution in [0.4, 0.5) is 0 Å². The highest BCUT2D eigenvalue weighted by molar-refractivity contribution is 5.94. The maximum absolute atomic E-state index is 12.1.